The molecule has 0 aliphatic rings. The number of rotatable bonds is 2. The zero-order chi connectivity index (χ0) is 13.4. The van der Waals surface area contributed by atoms with Crippen LogP contribution in [0, 0.1) is 19.7 Å². The zero-order valence-corrected chi connectivity index (χ0v) is 13.8. The molecule has 0 radical (unpaired) electrons. The van der Waals surface area contributed by atoms with Gasteiger partial charge in [0.1, 0.15) is 11.9 Å². The molecule has 0 saturated carbocycles. The zero-order valence-electron chi connectivity index (χ0n) is 9.80. The highest BCUT2D eigenvalue weighted by Gasteiger charge is 2.21. The number of aryl methyl sites for hydroxylation is 2. The molecule has 0 aliphatic carbocycles. The van der Waals surface area contributed by atoms with Crippen molar-refractivity contribution in [2.24, 2.45) is 0 Å². The molecule has 1 N–H and O–H groups in total. The van der Waals surface area contributed by atoms with Crippen LogP contribution in [0.15, 0.2) is 25.8 Å². The Labute approximate surface area is 126 Å². The third-order valence-electron chi connectivity index (χ3n) is 2.73. The quantitative estimate of drug-likeness (QED) is 0.751. The van der Waals surface area contributed by atoms with Gasteiger partial charge in [0.05, 0.1) is 7.57 Å². The topological polar surface area (TPSA) is 20.2 Å². The maximum absolute atomic E-state index is 14.0. The van der Waals surface area contributed by atoms with Crippen LogP contribution < -0.4 is 0 Å². The molecule has 1 aromatic carbocycles. The molecule has 5 heteroatoms. The number of hydrogen-bond donors (Lipinski definition) is 1. The van der Waals surface area contributed by atoms with Gasteiger partial charge in [0.25, 0.3) is 0 Å². The van der Waals surface area contributed by atoms with Gasteiger partial charge < -0.3 is 5.11 Å². The summed E-state index contributed by atoms with van der Waals surface area (Å²) < 4.78 is 15.7. The van der Waals surface area contributed by atoms with Crippen molar-refractivity contribution in [3.8, 4) is 0 Å². The maximum atomic E-state index is 14.0. The Morgan fingerprint density at radius 1 is 1.22 bits per heavy atom. The molecule has 1 aromatic heterocycles. The summed E-state index contributed by atoms with van der Waals surface area (Å²) in [5.41, 5.74) is 2.63. The van der Waals surface area contributed by atoms with Crippen molar-refractivity contribution in [3.63, 3.8) is 0 Å². The molecule has 0 bridgehead atoms. The van der Waals surface area contributed by atoms with Crippen LogP contribution in [0.5, 0.6) is 0 Å². The third kappa shape index (κ3) is 2.69. The predicted octanol–water partition coefficient (Wildman–Crippen LogP) is 5.11. The third-order valence-corrected chi connectivity index (χ3v) is 5.12. The molecule has 1 nitrogen and oxygen atoms in total. The van der Waals surface area contributed by atoms with Crippen molar-refractivity contribution in [3.05, 3.63) is 53.8 Å². The van der Waals surface area contributed by atoms with E-state index in [1.54, 1.807) is 6.07 Å². The second kappa shape index (κ2) is 5.41. The van der Waals surface area contributed by atoms with Gasteiger partial charge in [-0.2, -0.15) is 0 Å². The number of aliphatic hydroxyl groups excluding tert-OH is 1. The molecular weight excluding hydrogens is 383 g/mol. The number of aliphatic hydroxyl groups is 1. The summed E-state index contributed by atoms with van der Waals surface area (Å²) in [6.07, 6.45) is -0.956. The van der Waals surface area contributed by atoms with E-state index in [-0.39, 0.29) is 5.82 Å². The average molecular weight is 394 g/mol. The Bertz CT molecular complexity index is 572. The van der Waals surface area contributed by atoms with E-state index in [0.717, 1.165) is 18.7 Å². The second-order valence-corrected chi connectivity index (χ2v) is 7.91. The SMILES string of the molecule is Cc1cc(C)c(C(O)c2cc(Br)sc2Br)c(F)c1. The number of thiophene rings is 1. The molecule has 1 unspecified atom stereocenters. The highest BCUT2D eigenvalue weighted by molar-refractivity contribution is 9.12. The van der Waals surface area contributed by atoms with Gasteiger partial charge in [-0.3, -0.25) is 0 Å². The Kier molecular flexibility index (Phi) is 4.26. The summed E-state index contributed by atoms with van der Waals surface area (Å²) in [7, 11) is 0. The summed E-state index contributed by atoms with van der Waals surface area (Å²) in [6, 6.07) is 5.12. The van der Waals surface area contributed by atoms with E-state index in [0.29, 0.717) is 11.1 Å². The van der Waals surface area contributed by atoms with Crippen LogP contribution in [0.2, 0.25) is 0 Å². The predicted molar refractivity (Wildman–Crippen MR) is 79.7 cm³/mol. The molecule has 0 aliphatic heterocycles. The van der Waals surface area contributed by atoms with Crippen molar-refractivity contribution in [2.75, 3.05) is 0 Å². The fraction of sp³-hybridized carbons (Fsp3) is 0.231. The van der Waals surface area contributed by atoms with Gasteiger partial charge in [0.15, 0.2) is 0 Å². The Hall–Kier alpha value is -0.230. The molecule has 18 heavy (non-hydrogen) atoms. The van der Waals surface area contributed by atoms with Gasteiger partial charge in [-0.15, -0.1) is 11.3 Å². The summed E-state index contributed by atoms with van der Waals surface area (Å²) in [5.74, 6) is -0.366. The number of halogens is 3. The lowest BCUT2D eigenvalue weighted by Crippen LogP contribution is -2.05. The highest BCUT2D eigenvalue weighted by Crippen LogP contribution is 2.39. The molecule has 2 rings (SSSR count). The molecule has 1 atom stereocenters. The minimum absolute atomic E-state index is 0.339. The van der Waals surface area contributed by atoms with Gasteiger partial charge in [0, 0.05) is 11.1 Å². The van der Waals surface area contributed by atoms with E-state index in [1.165, 1.54) is 17.4 Å². The van der Waals surface area contributed by atoms with Gasteiger partial charge in [-0.25, -0.2) is 4.39 Å². The van der Waals surface area contributed by atoms with Crippen LogP contribution >= 0.6 is 43.2 Å². The second-order valence-electron chi connectivity index (χ2n) is 4.16. The lowest BCUT2D eigenvalue weighted by molar-refractivity contribution is 0.214. The Morgan fingerprint density at radius 2 is 1.89 bits per heavy atom. The Balaban J connectivity index is 2.52. The van der Waals surface area contributed by atoms with Crippen LogP contribution in [0.3, 0.4) is 0 Å². The molecule has 0 fully saturated rings. The normalized spacial score (nSPS) is 12.8. The van der Waals surface area contributed by atoms with Crippen molar-refractivity contribution in [1.29, 1.82) is 0 Å². The van der Waals surface area contributed by atoms with Gasteiger partial charge in [-0.05, 0) is 69.0 Å². The van der Waals surface area contributed by atoms with E-state index < -0.39 is 6.10 Å². The lowest BCUT2D eigenvalue weighted by Gasteiger charge is -2.15. The first-order valence-electron chi connectivity index (χ1n) is 5.29. The largest absolute Gasteiger partial charge is 0.383 e. The van der Waals surface area contributed by atoms with E-state index in [9.17, 15) is 9.50 Å². The molecule has 0 amide bonds. The monoisotopic (exact) mass is 392 g/mol. The average Bonchev–Trinajstić information content (AvgIpc) is 2.56. The van der Waals surface area contributed by atoms with E-state index >= 15 is 0 Å². The Morgan fingerprint density at radius 3 is 2.39 bits per heavy atom. The first-order valence-corrected chi connectivity index (χ1v) is 7.70. The molecule has 96 valence electrons. The maximum Gasteiger partial charge on any atom is 0.129 e. The van der Waals surface area contributed by atoms with Crippen LogP contribution in [0.25, 0.3) is 0 Å². The van der Waals surface area contributed by atoms with Gasteiger partial charge in [-0.1, -0.05) is 6.07 Å². The molecule has 0 saturated heterocycles. The van der Waals surface area contributed by atoms with Gasteiger partial charge >= 0.3 is 0 Å². The number of hydrogen-bond acceptors (Lipinski definition) is 2. The highest BCUT2D eigenvalue weighted by atomic mass is 79.9. The first-order chi connectivity index (χ1) is 8.40. The minimum Gasteiger partial charge on any atom is -0.383 e. The summed E-state index contributed by atoms with van der Waals surface area (Å²) in [6.45, 7) is 3.65. The molecule has 1 heterocycles. The smallest absolute Gasteiger partial charge is 0.129 e. The summed E-state index contributed by atoms with van der Waals surface area (Å²) >= 11 is 8.20. The van der Waals surface area contributed by atoms with Crippen LogP contribution in [-0.2, 0) is 0 Å². The van der Waals surface area contributed by atoms with Crippen LogP contribution in [-0.4, -0.2) is 5.11 Å². The van der Waals surface area contributed by atoms with Crippen LogP contribution in [0.4, 0.5) is 4.39 Å². The summed E-state index contributed by atoms with van der Waals surface area (Å²) in [4.78, 5) is 0. The molecule has 2 aromatic rings. The molecule has 0 spiro atoms. The van der Waals surface area contributed by atoms with Crippen molar-refractivity contribution in [1.82, 2.24) is 0 Å². The van der Waals surface area contributed by atoms with Gasteiger partial charge in [0.2, 0.25) is 0 Å². The fourth-order valence-electron chi connectivity index (χ4n) is 1.97. The van der Waals surface area contributed by atoms with E-state index in [2.05, 4.69) is 31.9 Å². The van der Waals surface area contributed by atoms with Crippen molar-refractivity contribution >= 4 is 43.2 Å². The van der Waals surface area contributed by atoms with Crippen molar-refractivity contribution < 1.29 is 9.50 Å². The molecular formula is C13H11Br2FOS. The standard InChI is InChI=1S/C13H11Br2FOS/c1-6-3-7(2)11(9(16)4-6)12(17)8-5-10(14)18-13(8)15/h3-5,12,17H,1-2H3. The number of benzene rings is 1. The van der Waals surface area contributed by atoms with Crippen LogP contribution in [0.1, 0.15) is 28.4 Å². The fourth-order valence-corrected chi connectivity index (χ4v) is 4.85. The van der Waals surface area contributed by atoms with E-state index in [4.69, 9.17) is 0 Å². The first kappa shape index (κ1) is 14.2. The van der Waals surface area contributed by atoms with E-state index in [1.807, 2.05) is 19.9 Å². The van der Waals surface area contributed by atoms with Crippen molar-refractivity contribution in [2.45, 2.75) is 20.0 Å². The minimum atomic E-state index is -0.956. The summed E-state index contributed by atoms with van der Waals surface area (Å²) in [5, 5.41) is 10.4. The lowest BCUT2D eigenvalue weighted by atomic mass is 9.97.